The van der Waals surface area contributed by atoms with Crippen molar-refractivity contribution < 1.29 is 9.90 Å². The zero-order chi connectivity index (χ0) is 54.5. The molecule has 2 aliphatic heterocycles. The maximum atomic E-state index is 12.1. The zero-order valence-corrected chi connectivity index (χ0v) is 46.6. The first-order valence-electron chi connectivity index (χ1n) is 28.0. The highest BCUT2D eigenvalue weighted by Crippen LogP contribution is 2.44. The van der Waals surface area contributed by atoms with Gasteiger partial charge in [-0.2, -0.15) is 0 Å². The Morgan fingerprint density at radius 1 is 0.487 bits per heavy atom. The number of aromatic nitrogens is 4. The lowest BCUT2D eigenvalue weighted by Crippen LogP contribution is -2.12. The van der Waals surface area contributed by atoms with Crippen molar-refractivity contribution in [3.05, 3.63) is 205 Å². The van der Waals surface area contributed by atoms with Crippen molar-refractivity contribution >= 4 is 69.4 Å². The van der Waals surface area contributed by atoms with Gasteiger partial charge in [-0.25, -0.2) is 14.8 Å². The SMILES string of the molecule is CCCCCCc1ccc(N(c2ccc(CCCCCC)cc2)c2c3nc(c(-c4c(C)cc(C)cc4C)c4ccc([nH]4)c(C#Cc4cccc(C(=O)O)c4)c4nc(c(-c5c(C)cc(C)cc5C)c5ccc2[nH]5)C=C4)C=C3)cc1. The zero-order valence-electron chi connectivity index (χ0n) is 46.6. The highest BCUT2D eigenvalue weighted by molar-refractivity contribution is 6.00. The molecule has 3 N–H and O–H groups in total. The first kappa shape index (κ1) is 52.9. The fraction of sp³-hybridized carbons (Fsp3) is 0.254. The average molecular weight is 1030 g/mol. The van der Waals surface area contributed by atoms with E-state index in [1.54, 1.807) is 18.2 Å². The molecule has 0 fully saturated rings. The summed E-state index contributed by atoms with van der Waals surface area (Å²) in [4.78, 5) is 33.6. The second-order valence-electron chi connectivity index (χ2n) is 21.4. The average Bonchev–Trinajstić information content (AvgIpc) is 4.38. The lowest BCUT2D eigenvalue weighted by Gasteiger charge is -2.27. The molecule has 0 radical (unpaired) electrons. The minimum atomic E-state index is -1.000. The summed E-state index contributed by atoms with van der Waals surface area (Å²) >= 11 is 0. The second kappa shape index (κ2) is 23.4. The molecule has 3 aromatic heterocycles. The highest BCUT2D eigenvalue weighted by Gasteiger charge is 2.24. The number of H-pyrrole nitrogens is 2. The number of carboxylic acids is 1. The lowest BCUT2D eigenvalue weighted by molar-refractivity contribution is 0.0696. The number of benzene rings is 5. The van der Waals surface area contributed by atoms with Crippen molar-refractivity contribution in [2.75, 3.05) is 4.90 Å². The molecule has 0 atom stereocenters. The molecule has 7 nitrogen and oxygen atoms in total. The number of unbranched alkanes of at least 4 members (excludes halogenated alkanes) is 6. The predicted octanol–water partition coefficient (Wildman–Crippen LogP) is 18.7. The van der Waals surface area contributed by atoms with Gasteiger partial charge in [-0.1, -0.05) is 130 Å². The van der Waals surface area contributed by atoms with Gasteiger partial charge >= 0.3 is 5.97 Å². The number of fused-ring (bicyclic) bond motifs is 8. The minimum Gasteiger partial charge on any atom is -0.478 e. The Morgan fingerprint density at radius 2 is 0.949 bits per heavy atom. The maximum Gasteiger partial charge on any atom is 0.335 e. The van der Waals surface area contributed by atoms with Gasteiger partial charge in [0.25, 0.3) is 0 Å². The third-order valence-corrected chi connectivity index (χ3v) is 15.3. The molecule has 0 unspecified atom stereocenters. The molecule has 78 heavy (non-hydrogen) atoms. The highest BCUT2D eigenvalue weighted by atomic mass is 16.4. The van der Waals surface area contributed by atoms with Gasteiger partial charge in [0.15, 0.2) is 0 Å². The monoisotopic (exact) mass is 1030 g/mol. The number of anilines is 3. The van der Waals surface area contributed by atoms with Crippen molar-refractivity contribution in [2.24, 2.45) is 0 Å². The van der Waals surface area contributed by atoms with Crippen molar-refractivity contribution in [1.29, 1.82) is 0 Å². The van der Waals surface area contributed by atoms with Gasteiger partial charge < -0.3 is 20.0 Å². The van der Waals surface area contributed by atoms with E-state index in [0.717, 1.165) is 114 Å². The first-order valence-corrected chi connectivity index (χ1v) is 28.0. The quantitative estimate of drug-likeness (QED) is 0.0662. The number of nitrogens with one attached hydrogen (secondary N) is 2. The van der Waals surface area contributed by atoms with Crippen LogP contribution in [-0.2, 0) is 12.8 Å². The number of rotatable bonds is 16. The van der Waals surface area contributed by atoms with Crippen LogP contribution < -0.4 is 4.90 Å². The van der Waals surface area contributed by atoms with Crippen LogP contribution in [0, 0.1) is 53.4 Å². The first-order chi connectivity index (χ1) is 37.9. The number of aromatic amines is 2. The van der Waals surface area contributed by atoms with E-state index in [2.05, 4.69) is 203 Å². The van der Waals surface area contributed by atoms with E-state index in [-0.39, 0.29) is 5.56 Å². The van der Waals surface area contributed by atoms with Crippen molar-refractivity contribution in [1.82, 2.24) is 19.9 Å². The van der Waals surface area contributed by atoms with Gasteiger partial charge in [-0.15, -0.1) is 0 Å². The molecular formula is C71H71N5O2. The summed E-state index contributed by atoms with van der Waals surface area (Å²) < 4.78 is 0. The van der Waals surface area contributed by atoms with Crippen molar-refractivity contribution in [3.8, 4) is 34.1 Å². The second-order valence-corrected chi connectivity index (χ2v) is 21.4. The van der Waals surface area contributed by atoms with Crippen LogP contribution in [0.3, 0.4) is 0 Å². The smallest absolute Gasteiger partial charge is 0.335 e. The Balaban J connectivity index is 1.32. The molecule has 392 valence electrons. The molecule has 7 heteroatoms. The van der Waals surface area contributed by atoms with Crippen LogP contribution in [-0.4, -0.2) is 31.0 Å². The van der Waals surface area contributed by atoms with Crippen LogP contribution in [0.2, 0.25) is 0 Å². The molecule has 0 saturated heterocycles. The van der Waals surface area contributed by atoms with Crippen molar-refractivity contribution in [2.45, 2.75) is 120 Å². The lowest BCUT2D eigenvalue weighted by atomic mass is 9.92. The third kappa shape index (κ3) is 11.3. The Labute approximate surface area is 460 Å². The number of nitrogens with zero attached hydrogens (tertiary/aromatic N) is 3. The molecule has 10 rings (SSSR count). The topological polar surface area (TPSA) is 97.9 Å². The summed E-state index contributed by atoms with van der Waals surface area (Å²) in [7, 11) is 0. The van der Waals surface area contributed by atoms with E-state index >= 15 is 0 Å². The maximum absolute atomic E-state index is 12.1. The Kier molecular flexibility index (Phi) is 15.9. The summed E-state index contributed by atoms with van der Waals surface area (Å²) in [6, 6.07) is 42.8. The van der Waals surface area contributed by atoms with Gasteiger partial charge in [0.2, 0.25) is 0 Å². The van der Waals surface area contributed by atoms with Crippen LogP contribution in [0.15, 0.2) is 121 Å². The van der Waals surface area contributed by atoms with Crippen molar-refractivity contribution in [3.63, 3.8) is 0 Å². The van der Waals surface area contributed by atoms with E-state index in [1.165, 1.54) is 73.6 Å². The third-order valence-electron chi connectivity index (χ3n) is 15.3. The molecule has 5 heterocycles. The van der Waals surface area contributed by atoms with Gasteiger partial charge in [-0.05, 0) is 203 Å². The Hall–Kier alpha value is -8.47. The molecule has 0 saturated carbocycles. The van der Waals surface area contributed by atoms with E-state index in [1.807, 2.05) is 6.07 Å². The molecule has 0 aliphatic carbocycles. The summed E-state index contributed by atoms with van der Waals surface area (Å²) in [5.41, 5.74) is 25.0. The van der Waals surface area contributed by atoms with Crippen LogP contribution in [0.4, 0.5) is 17.1 Å². The Morgan fingerprint density at radius 3 is 1.46 bits per heavy atom. The molecule has 8 aromatic rings. The molecule has 0 amide bonds. The van der Waals surface area contributed by atoms with Crippen LogP contribution in [0.1, 0.15) is 154 Å². The molecule has 5 aromatic carbocycles. The standard InChI is InChI=1S/C71H71N5O2/c1-9-11-13-15-18-51-22-27-55(28-23-51)76(56-29-24-52(25-30-56)19-16-14-12-10-2)70-64-38-36-62(74-64)68(66-47(5)40-45(3)41-48(66)6)60-34-32-58(72-60)57(31-26-53-20-17-21-54(44-53)71(77)78)59-33-35-61(73-59)69(63-37-39-65(70)75-63)67-49(7)42-46(4)43-50(67)8/h17,20-25,27-30,32-44,72,75H,9-16,18-19H2,1-8H3,(H,77,78). The van der Waals surface area contributed by atoms with E-state index in [0.29, 0.717) is 16.8 Å². The van der Waals surface area contributed by atoms with Crippen LogP contribution in [0.5, 0.6) is 0 Å². The van der Waals surface area contributed by atoms with Gasteiger partial charge in [0, 0.05) is 39.1 Å². The molecule has 0 spiro atoms. The summed E-state index contributed by atoms with van der Waals surface area (Å²) in [5, 5.41) is 9.88. The fourth-order valence-corrected chi connectivity index (χ4v) is 11.6. The minimum absolute atomic E-state index is 0.180. The van der Waals surface area contributed by atoms with E-state index in [9.17, 15) is 9.90 Å². The number of carbonyl (C=O) groups is 1. The number of hydrogen-bond donors (Lipinski definition) is 3. The number of carboxylic acid groups (broad SMARTS) is 1. The number of hydrogen-bond acceptors (Lipinski definition) is 4. The van der Waals surface area contributed by atoms with Gasteiger partial charge in [0.1, 0.15) is 0 Å². The summed E-state index contributed by atoms with van der Waals surface area (Å²) in [6.07, 6.45) is 20.4. The van der Waals surface area contributed by atoms with Crippen LogP contribution in [0.25, 0.3) is 68.6 Å². The molecule has 8 bridgehead atoms. The Bertz CT molecular complexity index is 3720. The van der Waals surface area contributed by atoms with Gasteiger partial charge in [-0.3, -0.25) is 0 Å². The van der Waals surface area contributed by atoms with E-state index < -0.39 is 5.97 Å². The molecular weight excluding hydrogens is 955 g/mol. The van der Waals surface area contributed by atoms with Crippen LogP contribution >= 0.6 is 0 Å². The predicted molar refractivity (Wildman–Crippen MR) is 328 cm³/mol. The number of aromatic carboxylic acids is 1. The normalized spacial score (nSPS) is 11.7. The summed E-state index contributed by atoms with van der Waals surface area (Å²) in [6.45, 7) is 17.6. The largest absolute Gasteiger partial charge is 0.478 e. The van der Waals surface area contributed by atoms with Gasteiger partial charge in [0.05, 0.1) is 50.6 Å². The number of aryl methyl sites for hydroxylation is 8. The fourth-order valence-electron chi connectivity index (χ4n) is 11.6. The molecule has 2 aliphatic rings. The van der Waals surface area contributed by atoms with E-state index in [4.69, 9.17) is 9.97 Å². The summed E-state index contributed by atoms with van der Waals surface area (Å²) in [5.74, 6) is 5.80.